The van der Waals surface area contributed by atoms with E-state index in [-0.39, 0.29) is 11.3 Å². The molecule has 0 aliphatic carbocycles. The average Bonchev–Trinajstić information content (AvgIpc) is 2.26. The molecule has 1 atom stereocenters. The van der Waals surface area contributed by atoms with Crippen molar-refractivity contribution < 1.29 is 9.90 Å². The monoisotopic (exact) mass is 242 g/mol. The van der Waals surface area contributed by atoms with E-state index in [1.165, 1.54) is 0 Å². The van der Waals surface area contributed by atoms with Crippen LogP contribution in [0.3, 0.4) is 0 Å². The lowest BCUT2D eigenvalue weighted by Gasteiger charge is -2.40. The number of likely N-dealkylation sites (tertiary alicyclic amines) is 1. The molecule has 1 fully saturated rings. The maximum atomic E-state index is 12.1. The molecule has 0 bridgehead atoms. The number of hydrogen-bond donors (Lipinski definition) is 2. The Labute approximate surface area is 104 Å². The summed E-state index contributed by atoms with van der Waals surface area (Å²) in [5, 5.41) is 12.0. The van der Waals surface area contributed by atoms with Gasteiger partial charge in [-0.05, 0) is 46.7 Å². The average molecular weight is 242 g/mol. The molecule has 1 amide bonds. The molecule has 17 heavy (non-hydrogen) atoms. The molecule has 0 aromatic rings. The summed E-state index contributed by atoms with van der Waals surface area (Å²) < 4.78 is 0. The molecule has 1 aliphatic heterocycles. The highest BCUT2D eigenvalue weighted by molar-refractivity contribution is 5.82. The summed E-state index contributed by atoms with van der Waals surface area (Å²) in [6, 6.07) is 0.556. The molecular weight excluding hydrogens is 216 g/mol. The topological polar surface area (TPSA) is 52.6 Å². The van der Waals surface area contributed by atoms with Crippen molar-refractivity contribution in [3.8, 4) is 0 Å². The first kappa shape index (κ1) is 14.5. The highest BCUT2D eigenvalue weighted by Crippen LogP contribution is 2.31. The summed E-state index contributed by atoms with van der Waals surface area (Å²) in [5.74, 6) is 0.0850. The van der Waals surface area contributed by atoms with Gasteiger partial charge in [-0.2, -0.15) is 0 Å². The van der Waals surface area contributed by atoms with Crippen molar-refractivity contribution in [3.05, 3.63) is 0 Å². The Bertz CT molecular complexity index is 256. The Hall–Kier alpha value is -0.610. The summed E-state index contributed by atoms with van der Waals surface area (Å²) in [4.78, 5) is 14.5. The molecule has 0 spiro atoms. The molecule has 1 unspecified atom stereocenters. The number of hydrogen-bond acceptors (Lipinski definition) is 3. The lowest BCUT2D eigenvalue weighted by molar-refractivity contribution is -0.133. The van der Waals surface area contributed by atoms with Gasteiger partial charge in [-0.1, -0.05) is 6.92 Å². The molecular formula is C13H26N2O2. The molecule has 0 aromatic carbocycles. The van der Waals surface area contributed by atoms with Crippen LogP contribution in [0.1, 0.15) is 40.5 Å². The minimum absolute atomic E-state index is 0.0850. The van der Waals surface area contributed by atoms with Crippen molar-refractivity contribution in [2.45, 2.75) is 52.7 Å². The minimum atomic E-state index is -0.474. The number of carbonyl (C=O) groups excluding carboxylic acids is 1. The first-order valence-corrected chi connectivity index (χ1v) is 6.55. The van der Waals surface area contributed by atoms with Gasteiger partial charge in [0, 0.05) is 18.0 Å². The minimum Gasteiger partial charge on any atom is -0.392 e. The van der Waals surface area contributed by atoms with E-state index in [2.05, 4.69) is 24.1 Å². The predicted octanol–water partition coefficient (Wildman–Crippen LogP) is 0.994. The zero-order valence-electron chi connectivity index (χ0n) is 11.5. The van der Waals surface area contributed by atoms with Gasteiger partial charge in [0.25, 0.3) is 0 Å². The van der Waals surface area contributed by atoms with Gasteiger partial charge in [0.15, 0.2) is 0 Å². The molecule has 0 aromatic heterocycles. The van der Waals surface area contributed by atoms with Crippen molar-refractivity contribution in [1.82, 2.24) is 10.2 Å². The van der Waals surface area contributed by atoms with E-state index in [4.69, 9.17) is 0 Å². The number of amides is 1. The Morgan fingerprint density at radius 3 is 2.29 bits per heavy atom. The molecule has 1 heterocycles. The molecule has 1 rings (SSSR count). The van der Waals surface area contributed by atoms with Crippen molar-refractivity contribution >= 4 is 5.91 Å². The number of nitrogens with one attached hydrogen (secondary N) is 1. The quantitative estimate of drug-likeness (QED) is 0.773. The van der Waals surface area contributed by atoms with E-state index >= 15 is 0 Å². The third-order valence-corrected chi connectivity index (χ3v) is 3.74. The second kappa shape index (κ2) is 5.83. The van der Waals surface area contributed by atoms with Gasteiger partial charge in [0.1, 0.15) is 0 Å². The first-order chi connectivity index (χ1) is 7.85. The van der Waals surface area contributed by atoms with Gasteiger partial charge in [0.05, 0.1) is 6.10 Å². The van der Waals surface area contributed by atoms with Crippen LogP contribution in [0.5, 0.6) is 0 Å². The molecule has 1 saturated heterocycles. The number of rotatable bonds is 4. The number of aliphatic hydroxyl groups is 1. The standard InChI is InChI=1S/C13H26N2O2/c1-10(2)15-7-5-13(4,6-8-15)12(17)14-9-11(3)16/h10-11,16H,5-9H2,1-4H3,(H,14,17). The lowest BCUT2D eigenvalue weighted by atomic mass is 9.79. The SMILES string of the molecule is CC(O)CNC(=O)C1(C)CCN(C(C)C)CC1. The van der Waals surface area contributed by atoms with Crippen LogP contribution in [0.4, 0.5) is 0 Å². The molecule has 4 nitrogen and oxygen atoms in total. The molecule has 100 valence electrons. The fourth-order valence-electron chi connectivity index (χ4n) is 2.21. The van der Waals surface area contributed by atoms with Crippen molar-refractivity contribution in [2.75, 3.05) is 19.6 Å². The third-order valence-electron chi connectivity index (χ3n) is 3.74. The van der Waals surface area contributed by atoms with Gasteiger partial charge in [-0.3, -0.25) is 4.79 Å². The van der Waals surface area contributed by atoms with Gasteiger partial charge in [-0.25, -0.2) is 0 Å². The smallest absolute Gasteiger partial charge is 0.226 e. The van der Waals surface area contributed by atoms with Gasteiger partial charge in [0.2, 0.25) is 5.91 Å². The van der Waals surface area contributed by atoms with Crippen LogP contribution in [0.15, 0.2) is 0 Å². The Morgan fingerprint density at radius 1 is 1.35 bits per heavy atom. The zero-order chi connectivity index (χ0) is 13.1. The molecule has 1 aliphatic rings. The number of aliphatic hydroxyl groups excluding tert-OH is 1. The number of carbonyl (C=O) groups is 1. The van der Waals surface area contributed by atoms with Gasteiger partial charge >= 0.3 is 0 Å². The maximum absolute atomic E-state index is 12.1. The number of nitrogens with zero attached hydrogens (tertiary/aromatic N) is 1. The van der Waals surface area contributed by atoms with Crippen LogP contribution >= 0.6 is 0 Å². The first-order valence-electron chi connectivity index (χ1n) is 6.55. The van der Waals surface area contributed by atoms with Crippen LogP contribution in [0.2, 0.25) is 0 Å². The third kappa shape index (κ3) is 3.96. The normalized spacial score (nSPS) is 22.5. The van der Waals surface area contributed by atoms with Crippen LogP contribution in [0.25, 0.3) is 0 Å². The van der Waals surface area contributed by atoms with Crippen molar-refractivity contribution in [3.63, 3.8) is 0 Å². The molecule has 0 radical (unpaired) electrons. The Kier molecular flexibility index (Phi) is 4.95. The zero-order valence-corrected chi connectivity index (χ0v) is 11.5. The van der Waals surface area contributed by atoms with E-state index in [0.717, 1.165) is 25.9 Å². The molecule has 4 heteroatoms. The van der Waals surface area contributed by atoms with E-state index in [0.29, 0.717) is 12.6 Å². The maximum Gasteiger partial charge on any atom is 0.226 e. The Balaban J connectivity index is 2.45. The summed E-state index contributed by atoms with van der Waals surface area (Å²) in [5.41, 5.74) is -0.264. The van der Waals surface area contributed by atoms with Crippen LogP contribution in [-0.4, -0.2) is 47.7 Å². The van der Waals surface area contributed by atoms with Crippen LogP contribution < -0.4 is 5.32 Å². The van der Waals surface area contributed by atoms with Gasteiger partial charge in [-0.15, -0.1) is 0 Å². The second-order valence-corrected chi connectivity index (χ2v) is 5.75. The number of piperidine rings is 1. The largest absolute Gasteiger partial charge is 0.392 e. The predicted molar refractivity (Wildman–Crippen MR) is 68.7 cm³/mol. The summed E-state index contributed by atoms with van der Waals surface area (Å²) >= 11 is 0. The summed E-state index contributed by atoms with van der Waals surface area (Å²) in [6.45, 7) is 10.4. The fourth-order valence-corrected chi connectivity index (χ4v) is 2.21. The molecule has 2 N–H and O–H groups in total. The van der Waals surface area contributed by atoms with Crippen molar-refractivity contribution in [1.29, 1.82) is 0 Å². The van der Waals surface area contributed by atoms with Crippen LogP contribution in [-0.2, 0) is 4.79 Å². The Morgan fingerprint density at radius 2 is 1.88 bits per heavy atom. The van der Waals surface area contributed by atoms with E-state index in [1.54, 1.807) is 6.92 Å². The van der Waals surface area contributed by atoms with Gasteiger partial charge < -0.3 is 15.3 Å². The van der Waals surface area contributed by atoms with E-state index < -0.39 is 6.10 Å². The van der Waals surface area contributed by atoms with Crippen LogP contribution in [0, 0.1) is 5.41 Å². The summed E-state index contributed by atoms with van der Waals surface area (Å²) in [6.07, 6.45) is 1.33. The van der Waals surface area contributed by atoms with E-state index in [9.17, 15) is 9.90 Å². The summed E-state index contributed by atoms with van der Waals surface area (Å²) in [7, 11) is 0. The molecule has 0 saturated carbocycles. The highest BCUT2D eigenvalue weighted by atomic mass is 16.3. The lowest BCUT2D eigenvalue weighted by Crippen LogP contribution is -2.49. The van der Waals surface area contributed by atoms with Crippen molar-refractivity contribution in [2.24, 2.45) is 5.41 Å². The second-order valence-electron chi connectivity index (χ2n) is 5.75. The fraction of sp³-hybridized carbons (Fsp3) is 0.923. The highest BCUT2D eigenvalue weighted by Gasteiger charge is 2.37. The van der Waals surface area contributed by atoms with E-state index in [1.807, 2.05) is 6.92 Å².